The number of halogens is 4. The van der Waals surface area contributed by atoms with E-state index in [-0.39, 0.29) is 17.1 Å². The minimum Gasteiger partial charge on any atom is -0.367 e. The van der Waals surface area contributed by atoms with Crippen LogP contribution in [-0.4, -0.2) is 18.0 Å². The van der Waals surface area contributed by atoms with Crippen LogP contribution in [0.5, 0.6) is 0 Å². The van der Waals surface area contributed by atoms with E-state index >= 15 is 0 Å². The summed E-state index contributed by atoms with van der Waals surface area (Å²) in [5.74, 6) is -0.424. The van der Waals surface area contributed by atoms with Crippen LogP contribution >= 0.6 is 23.2 Å². The zero-order chi connectivity index (χ0) is 15.0. The van der Waals surface area contributed by atoms with Crippen LogP contribution in [-0.2, 0) is 6.54 Å². The molecule has 0 aliphatic carbocycles. The normalized spacial score (nSPS) is 17.5. The topological polar surface area (TPSA) is 39.3 Å². The first-order chi connectivity index (χ1) is 10.1. The van der Waals surface area contributed by atoms with E-state index < -0.39 is 11.6 Å². The molecule has 1 aromatic carbocycles. The van der Waals surface area contributed by atoms with Crippen molar-refractivity contribution in [2.45, 2.75) is 6.54 Å². The van der Waals surface area contributed by atoms with E-state index in [1.165, 1.54) is 0 Å². The van der Waals surface area contributed by atoms with Crippen molar-refractivity contribution in [1.29, 1.82) is 0 Å². The average Bonchev–Trinajstić information content (AvgIpc) is 2.48. The smallest absolute Gasteiger partial charge is 0.142 e. The second-order valence-corrected chi connectivity index (χ2v) is 5.46. The van der Waals surface area contributed by atoms with Crippen LogP contribution < -0.4 is 16.2 Å². The van der Waals surface area contributed by atoms with Crippen molar-refractivity contribution in [1.82, 2.24) is 21.1 Å². The van der Waals surface area contributed by atoms with Gasteiger partial charge in [-0.1, -0.05) is 23.2 Å². The molecule has 0 fully saturated rings. The van der Waals surface area contributed by atoms with E-state index in [9.17, 15) is 8.78 Å². The Labute approximate surface area is 130 Å². The Morgan fingerprint density at radius 2 is 1.90 bits per heavy atom. The molecule has 0 atom stereocenters. The van der Waals surface area contributed by atoms with Crippen LogP contribution in [0, 0.1) is 11.6 Å². The van der Waals surface area contributed by atoms with Crippen LogP contribution in [0.4, 0.5) is 8.78 Å². The molecule has 2 aliphatic rings. The molecule has 1 aromatic rings. The molecule has 0 radical (unpaired) electrons. The highest BCUT2D eigenvalue weighted by molar-refractivity contribution is 6.31. The summed E-state index contributed by atoms with van der Waals surface area (Å²) in [5, 5.41) is 3.38. The average molecular weight is 333 g/mol. The van der Waals surface area contributed by atoms with Crippen molar-refractivity contribution in [3.05, 3.63) is 57.1 Å². The van der Waals surface area contributed by atoms with Crippen molar-refractivity contribution >= 4 is 23.2 Å². The van der Waals surface area contributed by atoms with Crippen molar-refractivity contribution in [3.63, 3.8) is 0 Å². The van der Waals surface area contributed by atoms with E-state index in [1.807, 2.05) is 4.90 Å². The number of rotatable bonds is 2. The number of allylic oxidation sites excluding steroid dienone is 1. The second kappa shape index (κ2) is 5.61. The molecule has 2 heterocycles. The summed E-state index contributed by atoms with van der Waals surface area (Å²) in [6.07, 6.45) is 1.71. The Hall–Kier alpha value is -1.66. The molecule has 0 spiro atoms. The molecule has 0 bridgehead atoms. The lowest BCUT2D eigenvalue weighted by Gasteiger charge is -2.36. The first kappa shape index (κ1) is 14.3. The second-order valence-electron chi connectivity index (χ2n) is 4.67. The summed E-state index contributed by atoms with van der Waals surface area (Å²) in [4.78, 5) is 1.88. The summed E-state index contributed by atoms with van der Waals surface area (Å²) >= 11 is 11.8. The maximum Gasteiger partial charge on any atom is 0.142 e. The maximum absolute atomic E-state index is 13.9. The van der Waals surface area contributed by atoms with Gasteiger partial charge in [0, 0.05) is 31.3 Å². The van der Waals surface area contributed by atoms with Gasteiger partial charge in [-0.05, 0) is 12.1 Å². The van der Waals surface area contributed by atoms with Gasteiger partial charge in [0.05, 0.1) is 10.7 Å². The molecule has 0 aromatic heterocycles. The van der Waals surface area contributed by atoms with Gasteiger partial charge in [0.2, 0.25) is 0 Å². The van der Waals surface area contributed by atoms with E-state index in [2.05, 4.69) is 16.2 Å². The Morgan fingerprint density at radius 3 is 2.71 bits per heavy atom. The third-order valence-electron chi connectivity index (χ3n) is 3.34. The summed E-state index contributed by atoms with van der Waals surface area (Å²) < 4.78 is 27.4. The lowest BCUT2D eigenvalue weighted by Crippen LogP contribution is -2.48. The van der Waals surface area contributed by atoms with Crippen LogP contribution in [0.3, 0.4) is 0 Å². The number of benzene rings is 1. The van der Waals surface area contributed by atoms with Gasteiger partial charge in [-0.15, -0.1) is 0 Å². The van der Waals surface area contributed by atoms with Crippen molar-refractivity contribution < 1.29 is 8.78 Å². The van der Waals surface area contributed by atoms with Crippen LogP contribution in [0.25, 0.3) is 0 Å². The molecule has 0 saturated heterocycles. The first-order valence-corrected chi connectivity index (χ1v) is 7.06. The van der Waals surface area contributed by atoms with Crippen molar-refractivity contribution in [3.8, 4) is 0 Å². The third-order valence-corrected chi connectivity index (χ3v) is 3.95. The molecule has 0 saturated carbocycles. The zero-order valence-corrected chi connectivity index (χ0v) is 12.3. The maximum atomic E-state index is 13.9. The van der Waals surface area contributed by atoms with Gasteiger partial charge in [0.1, 0.15) is 22.6 Å². The number of hydrogen-bond acceptors (Lipinski definition) is 4. The molecule has 3 N–H and O–H groups in total. The molecule has 21 heavy (non-hydrogen) atoms. The molecule has 112 valence electrons. The third kappa shape index (κ3) is 2.73. The number of nitrogens with one attached hydrogen (secondary N) is 3. The fraction of sp³-hybridized carbons (Fsp3) is 0.231. The molecule has 0 amide bonds. The quantitative estimate of drug-likeness (QED) is 0.574. The van der Waals surface area contributed by atoms with Crippen LogP contribution in [0.15, 0.2) is 34.9 Å². The van der Waals surface area contributed by atoms with E-state index in [1.54, 1.807) is 6.08 Å². The summed E-state index contributed by atoms with van der Waals surface area (Å²) in [5.41, 5.74) is 6.57. The fourth-order valence-electron chi connectivity index (χ4n) is 2.30. The van der Waals surface area contributed by atoms with Crippen LogP contribution in [0.2, 0.25) is 5.02 Å². The molecular weight excluding hydrogens is 321 g/mol. The first-order valence-electron chi connectivity index (χ1n) is 6.31. The van der Waals surface area contributed by atoms with Gasteiger partial charge in [-0.2, -0.15) is 0 Å². The van der Waals surface area contributed by atoms with Gasteiger partial charge >= 0.3 is 0 Å². The van der Waals surface area contributed by atoms with E-state index in [0.717, 1.165) is 23.7 Å². The van der Waals surface area contributed by atoms with Gasteiger partial charge in [0.25, 0.3) is 0 Å². The predicted molar refractivity (Wildman–Crippen MR) is 77.0 cm³/mol. The monoisotopic (exact) mass is 332 g/mol. The van der Waals surface area contributed by atoms with Gasteiger partial charge in [-0.25, -0.2) is 8.78 Å². The van der Waals surface area contributed by atoms with Gasteiger partial charge in [-0.3, -0.25) is 10.9 Å². The van der Waals surface area contributed by atoms with Gasteiger partial charge in [0.15, 0.2) is 0 Å². The lowest BCUT2D eigenvalue weighted by molar-refractivity contribution is 0.303. The Morgan fingerprint density at radius 1 is 1.14 bits per heavy atom. The molecule has 4 nitrogen and oxygen atoms in total. The van der Waals surface area contributed by atoms with E-state index in [4.69, 9.17) is 23.2 Å². The number of hydrogen-bond donors (Lipinski definition) is 3. The number of nitrogens with zero attached hydrogens (tertiary/aromatic N) is 1. The Balaban J connectivity index is 1.93. The number of hydrazine groups is 1. The molecule has 2 aliphatic heterocycles. The van der Waals surface area contributed by atoms with Crippen LogP contribution in [0.1, 0.15) is 5.56 Å². The SMILES string of the molecule is Fc1ccc(F)c(CN2CCNC3=C2C=C(Cl)NN3)c1Cl. The molecule has 3 rings (SSSR count). The largest absolute Gasteiger partial charge is 0.367 e. The summed E-state index contributed by atoms with van der Waals surface area (Å²) in [6, 6.07) is 2.10. The van der Waals surface area contributed by atoms with E-state index in [0.29, 0.717) is 18.2 Å². The standard InChI is InChI=1S/C13H12Cl2F2N4/c14-11-5-10-13(20-19-11)18-3-4-21(10)6-7-8(16)1-2-9(17)12(7)15/h1-2,5,18-20H,3-4,6H2. The zero-order valence-electron chi connectivity index (χ0n) is 10.8. The minimum absolute atomic E-state index is 0.133. The fourth-order valence-corrected chi connectivity index (χ4v) is 2.67. The van der Waals surface area contributed by atoms with Gasteiger partial charge < -0.3 is 10.2 Å². The minimum atomic E-state index is -0.630. The highest BCUT2D eigenvalue weighted by Crippen LogP contribution is 2.27. The lowest BCUT2D eigenvalue weighted by atomic mass is 10.1. The summed E-state index contributed by atoms with van der Waals surface area (Å²) in [7, 11) is 0. The molecule has 0 unspecified atom stereocenters. The molecule has 8 heteroatoms. The highest BCUT2D eigenvalue weighted by atomic mass is 35.5. The predicted octanol–water partition coefficient (Wildman–Crippen LogP) is 2.38. The Bertz CT molecular complexity index is 645. The molecular formula is C13H12Cl2F2N4. The Kier molecular flexibility index (Phi) is 3.82. The highest BCUT2D eigenvalue weighted by Gasteiger charge is 2.24. The van der Waals surface area contributed by atoms with Crippen molar-refractivity contribution in [2.24, 2.45) is 0 Å². The van der Waals surface area contributed by atoms with Crippen molar-refractivity contribution in [2.75, 3.05) is 13.1 Å². The summed E-state index contributed by atoms with van der Waals surface area (Å²) in [6.45, 7) is 1.44.